The molecule has 0 radical (unpaired) electrons. The summed E-state index contributed by atoms with van der Waals surface area (Å²) >= 11 is 3.77. The number of allylic oxidation sites excluding steroid dienone is 3. The molecule has 0 fully saturated rings. The number of rotatable bonds is 24. The Balaban J connectivity index is 0.00000800. The van der Waals surface area contributed by atoms with E-state index < -0.39 is 0 Å². The van der Waals surface area contributed by atoms with Gasteiger partial charge < -0.3 is 28.9 Å². The molecule has 1 aromatic heterocycles. The summed E-state index contributed by atoms with van der Waals surface area (Å²) in [4.78, 5) is 2.53. The molecule has 0 atom stereocenters. The van der Waals surface area contributed by atoms with E-state index in [1.165, 1.54) is 150 Å². The minimum absolute atomic E-state index is 0. The average molecular weight is 701 g/mol. The highest BCUT2D eigenvalue weighted by Crippen LogP contribution is 2.34. The molecule has 5 heteroatoms. The number of hydrogen-bond donors (Lipinski definition) is 0. The first-order valence-corrected chi connectivity index (χ1v) is 18.4. The molecule has 0 N–H and O–H groups in total. The molecule has 0 aromatic carbocycles. The monoisotopic (exact) mass is 700 g/mol. The van der Waals surface area contributed by atoms with Crippen LogP contribution in [0, 0.1) is 6.92 Å². The fourth-order valence-corrected chi connectivity index (χ4v) is 7.33. The van der Waals surface area contributed by atoms with Gasteiger partial charge in [-0.05, 0) is 31.2 Å². The van der Waals surface area contributed by atoms with Crippen LogP contribution in [-0.2, 0) is 6.54 Å². The van der Waals surface area contributed by atoms with Crippen molar-refractivity contribution in [1.29, 1.82) is 0 Å². The van der Waals surface area contributed by atoms with Crippen molar-refractivity contribution in [2.45, 2.75) is 163 Å². The Morgan fingerprint density at radius 3 is 1.75 bits per heavy atom. The molecule has 0 bridgehead atoms. The molecule has 1 aliphatic rings. The molecule has 2 rings (SSSR count). The van der Waals surface area contributed by atoms with Gasteiger partial charge in [0.25, 0.3) is 5.01 Å². The first kappa shape index (κ1) is 37.8. The zero-order chi connectivity index (χ0) is 28.0. The van der Waals surface area contributed by atoms with E-state index in [1.807, 2.05) is 23.1 Å². The van der Waals surface area contributed by atoms with Crippen LogP contribution >= 0.6 is 23.1 Å². The van der Waals surface area contributed by atoms with Crippen LogP contribution in [0.1, 0.15) is 160 Å². The Labute approximate surface area is 274 Å². The Morgan fingerprint density at radius 1 is 0.700 bits per heavy atom. The summed E-state index contributed by atoms with van der Waals surface area (Å²) in [6.45, 7) is 11.4. The lowest BCUT2D eigenvalue weighted by Crippen LogP contribution is -3.00. The standard InChI is InChI=1S/C35H61N2S2.HI/c1-5-7-9-11-13-15-17-19-21-23-28-36-32(3)30-38-34(36)26-25-27-35-37(33(4)31-39-35)29-24-22-20-18-16-14-12-10-8-6-2;/h25-27,30-31H,5-24,28-29H2,1-4H3;1H/q+1;/p-1. The van der Waals surface area contributed by atoms with Gasteiger partial charge in [0, 0.05) is 31.7 Å². The zero-order valence-electron chi connectivity index (χ0n) is 26.5. The predicted molar refractivity (Wildman–Crippen MR) is 178 cm³/mol. The minimum atomic E-state index is 0. The SMILES string of the molecule is CCCCCCCCCCCCN1C(C)=CSC1=CC=Cc1scc(C)[n+]1CCCCCCCCCCCC.[I-]. The van der Waals surface area contributed by atoms with Gasteiger partial charge in [0.05, 0.1) is 10.4 Å². The average Bonchev–Trinajstić information content (AvgIpc) is 3.47. The summed E-state index contributed by atoms with van der Waals surface area (Å²) in [7, 11) is 0. The van der Waals surface area contributed by atoms with Crippen LogP contribution < -0.4 is 28.5 Å². The van der Waals surface area contributed by atoms with Crippen LogP contribution in [0.4, 0.5) is 0 Å². The molecular weight excluding hydrogens is 639 g/mol. The molecule has 1 aliphatic heterocycles. The number of thioether (sulfide) groups is 1. The van der Waals surface area contributed by atoms with Crippen molar-refractivity contribution in [1.82, 2.24) is 4.90 Å². The molecule has 40 heavy (non-hydrogen) atoms. The van der Waals surface area contributed by atoms with E-state index in [0.717, 1.165) is 13.1 Å². The lowest BCUT2D eigenvalue weighted by atomic mass is 10.1. The number of aryl methyl sites for hydroxylation is 1. The number of halogens is 1. The van der Waals surface area contributed by atoms with Gasteiger partial charge in [0.15, 0.2) is 5.69 Å². The number of aromatic nitrogens is 1. The van der Waals surface area contributed by atoms with Gasteiger partial charge in [-0.2, -0.15) is 4.57 Å². The molecule has 0 spiro atoms. The number of hydrogen-bond acceptors (Lipinski definition) is 3. The number of unbranched alkanes of at least 4 members (excludes halogenated alkanes) is 18. The van der Waals surface area contributed by atoms with Gasteiger partial charge in [-0.25, -0.2) is 0 Å². The maximum absolute atomic E-state index is 2.53. The van der Waals surface area contributed by atoms with Crippen LogP contribution in [0.5, 0.6) is 0 Å². The lowest BCUT2D eigenvalue weighted by molar-refractivity contribution is -0.700. The highest BCUT2D eigenvalue weighted by Gasteiger charge is 2.17. The summed E-state index contributed by atoms with van der Waals surface area (Å²) in [6.07, 6.45) is 34.9. The maximum Gasteiger partial charge on any atom is 0.261 e. The third kappa shape index (κ3) is 16.4. The highest BCUT2D eigenvalue weighted by atomic mass is 127. The first-order chi connectivity index (χ1) is 19.2. The second-order valence-electron chi connectivity index (χ2n) is 11.6. The lowest BCUT2D eigenvalue weighted by Gasteiger charge is -2.21. The molecule has 1 aromatic rings. The van der Waals surface area contributed by atoms with Gasteiger partial charge in [-0.15, -0.1) is 0 Å². The van der Waals surface area contributed by atoms with Crippen LogP contribution in [-0.4, -0.2) is 11.4 Å². The predicted octanol–water partition coefficient (Wildman–Crippen LogP) is 8.95. The van der Waals surface area contributed by atoms with E-state index in [9.17, 15) is 0 Å². The summed E-state index contributed by atoms with van der Waals surface area (Å²) in [5, 5.41) is 7.40. The van der Waals surface area contributed by atoms with Crippen molar-refractivity contribution in [2.24, 2.45) is 0 Å². The van der Waals surface area contributed by atoms with Crippen LogP contribution in [0.3, 0.4) is 0 Å². The summed E-state index contributed by atoms with van der Waals surface area (Å²) in [6, 6.07) is 0. The molecule has 2 nitrogen and oxygen atoms in total. The first-order valence-electron chi connectivity index (χ1n) is 16.6. The Bertz CT molecular complexity index is 842. The number of nitrogens with zero attached hydrogens (tertiary/aromatic N) is 2. The Morgan fingerprint density at radius 2 is 1.20 bits per heavy atom. The molecule has 0 amide bonds. The Kier molecular flexibility index (Phi) is 23.8. The summed E-state index contributed by atoms with van der Waals surface area (Å²) in [5.74, 6) is 0. The van der Waals surface area contributed by atoms with Crippen molar-refractivity contribution in [2.75, 3.05) is 6.54 Å². The van der Waals surface area contributed by atoms with Gasteiger partial charge in [0.1, 0.15) is 6.54 Å². The second-order valence-corrected chi connectivity index (χ2v) is 13.4. The highest BCUT2D eigenvalue weighted by molar-refractivity contribution is 8.06. The maximum atomic E-state index is 2.53. The van der Waals surface area contributed by atoms with Gasteiger partial charge >= 0.3 is 0 Å². The van der Waals surface area contributed by atoms with E-state index in [-0.39, 0.29) is 24.0 Å². The van der Waals surface area contributed by atoms with Crippen molar-refractivity contribution in [3.63, 3.8) is 0 Å². The van der Waals surface area contributed by atoms with E-state index in [0.29, 0.717) is 0 Å². The number of thiazole rings is 1. The van der Waals surface area contributed by atoms with Gasteiger partial charge in [-0.1, -0.05) is 152 Å². The third-order valence-corrected chi connectivity index (χ3v) is 10.1. The smallest absolute Gasteiger partial charge is 0.261 e. The fraction of sp³-hybridized carbons (Fsp3) is 0.743. The van der Waals surface area contributed by atoms with E-state index in [4.69, 9.17) is 0 Å². The van der Waals surface area contributed by atoms with Gasteiger partial charge in [-0.3, -0.25) is 0 Å². The minimum Gasteiger partial charge on any atom is -1.00 e. The molecule has 0 saturated carbocycles. The summed E-state index contributed by atoms with van der Waals surface area (Å²) in [5.41, 5.74) is 2.80. The normalized spacial score (nSPS) is 14.4. The second kappa shape index (κ2) is 25.2. The third-order valence-electron chi connectivity index (χ3n) is 8.03. The molecular formula is C35H61IN2S2. The molecule has 0 unspecified atom stereocenters. The Hall–Kier alpha value is -0.270. The zero-order valence-corrected chi connectivity index (χ0v) is 30.3. The van der Waals surface area contributed by atoms with Crippen LogP contribution in [0.15, 0.2) is 33.7 Å². The van der Waals surface area contributed by atoms with E-state index >= 15 is 0 Å². The topological polar surface area (TPSA) is 7.12 Å². The largest absolute Gasteiger partial charge is 1.00 e. The molecule has 2 heterocycles. The molecule has 230 valence electrons. The van der Waals surface area contributed by atoms with E-state index in [1.54, 1.807) is 0 Å². The van der Waals surface area contributed by atoms with Crippen molar-refractivity contribution in [3.8, 4) is 0 Å². The van der Waals surface area contributed by atoms with Crippen molar-refractivity contribution in [3.05, 3.63) is 44.4 Å². The van der Waals surface area contributed by atoms with E-state index in [2.05, 4.69) is 66.2 Å². The quantitative estimate of drug-likeness (QED) is 0.0604. The molecule has 0 saturated heterocycles. The van der Waals surface area contributed by atoms with Crippen LogP contribution in [0.25, 0.3) is 6.08 Å². The van der Waals surface area contributed by atoms with Crippen molar-refractivity contribution < 1.29 is 28.5 Å². The summed E-state index contributed by atoms with van der Waals surface area (Å²) < 4.78 is 2.53. The molecule has 0 aliphatic carbocycles. The van der Waals surface area contributed by atoms with Crippen molar-refractivity contribution >= 4 is 29.2 Å². The van der Waals surface area contributed by atoms with Crippen LogP contribution in [0.2, 0.25) is 0 Å². The van der Waals surface area contributed by atoms with Gasteiger partial charge in [0.2, 0.25) is 0 Å². The fourth-order valence-electron chi connectivity index (χ4n) is 5.45.